The monoisotopic (exact) mass is 280 g/mol. The van der Waals surface area contributed by atoms with Gasteiger partial charge in [0.2, 0.25) is 5.95 Å². The van der Waals surface area contributed by atoms with Gasteiger partial charge in [0.25, 0.3) is 0 Å². The fraction of sp³-hybridized carbons (Fsp3) is 0.786. The van der Waals surface area contributed by atoms with Gasteiger partial charge in [-0.2, -0.15) is 0 Å². The molecule has 3 rings (SSSR count). The minimum atomic E-state index is 0.265. The summed E-state index contributed by atoms with van der Waals surface area (Å²) in [4.78, 5) is 6.92. The first kappa shape index (κ1) is 13.9. The Morgan fingerprint density at radius 1 is 1.55 bits per heavy atom. The van der Waals surface area contributed by atoms with Crippen LogP contribution in [0.5, 0.6) is 0 Å². The summed E-state index contributed by atoms with van der Waals surface area (Å²) in [5.41, 5.74) is 0. The predicted molar refractivity (Wildman–Crippen MR) is 76.9 cm³/mol. The van der Waals surface area contributed by atoms with Crippen molar-refractivity contribution in [3.8, 4) is 0 Å². The number of nitrogens with zero attached hydrogens (tertiary/aromatic N) is 3. The summed E-state index contributed by atoms with van der Waals surface area (Å²) in [6.07, 6.45) is 6.71. The van der Waals surface area contributed by atoms with Crippen LogP contribution >= 0.6 is 0 Å². The van der Waals surface area contributed by atoms with E-state index >= 15 is 0 Å². The molecule has 3 heterocycles. The van der Waals surface area contributed by atoms with E-state index in [-0.39, 0.29) is 6.10 Å². The van der Waals surface area contributed by atoms with E-state index in [0.29, 0.717) is 12.6 Å². The van der Waals surface area contributed by atoms with Crippen LogP contribution in [-0.2, 0) is 16.0 Å². The van der Waals surface area contributed by atoms with Gasteiger partial charge < -0.3 is 19.4 Å². The van der Waals surface area contributed by atoms with E-state index < -0.39 is 0 Å². The third kappa shape index (κ3) is 3.13. The van der Waals surface area contributed by atoms with Crippen molar-refractivity contribution in [2.75, 3.05) is 45.3 Å². The number of nitrogens with one attached hydrogen (secondary N) is 1. The molecule has 0 spiro atoms. The molecule has 1 aromatic heterocycles. The number of hydrogen-bond acceptors (Lipinski definition) is 5. The van der Waals surface area contributed by atoms with Crippen LogP contribution in [0.1, 0.15) is 12.8 Å². The number of hydrogen-bond donors (Lipinski definition) is 1. The molecule has 2 saturated heterocycles. The maximum absolute atomic E-state index is 6.00. The first-order chi connectivity index (χ1) is 9.86. The van der Waals surface area contributed by atoms with E-state index in [9.17, 15) is 0 Å². The third-order valence-electron chi connectivity index (χ3n) is 4.17. The molecule has 1 N–H and O–H groups in total. The van der Waals surface area contributed by atoms with E-state index in [0.717, 1.165) is 32.2 Å². The number of imidazole rings is 1. The number of anilines is 1. The highest BCUT2D eigenvalue weighted by Gasteiger charge is 2.32. The molecule has 0 amide bonds. The van der Waals surface area contributed by atoms with Crippen molar-refractivity contribution < 1.29 is 9.47 Å². The van der Waals surface area contributed by atoms with Crippen LogP contribution in [0.15, 0.2) is 12.4 Å². The molecule has 0 bridgehead atoms. The Balaban J connectivity index is 1.53. The number of morpholine rings is 1. The SMILES string of the molecule is COCCNc1nccn1CC1CN2CCCC2CO1. The fourth-order valence-corrected chi connectivity index (χ4v) is 3.10. The Kier molecular flexibility index (Phi) is 4.54. The zero-order valence-electron chi connectivity index (χ0n) is 12.1. The molecule has 0 radical (unpaired) electrons. The maximum atomic E-state index is 6.00. The summed E-state index contributed by atoms with van der Waals surface area (Å²) in [6, 6.07) is 0.660. The van der Waals surface area contributed by atoms with Gasteiger partial charge in [0.05, 0.1) is 25.9 Å². The second kappa shape index (κ2) is 6.56. The third-order valence-corrected chi connectivity index (χ3v) is 4.17. The quantitative estimate of drug-likeness (QED) is 0.781. The average molecular weight is 280 g/mol. The number of ether oxygens (including phenoxy) is 2. The van der Waals surface area contributed by atoms with Crippen LogP contribution in [-0.4, -0.2) is 66.6 Å². The van der Waals surface area contributed by atoms with Gasteiger partial charge in [-0.05, 0) is 19.4 Å². The molecule has 0 aliphatic carbocycles. The number of rotatable bonds is 6. The van der Waals surface area contributed by atoms with Gasteiger partial charge in [-0.3, -0.25) is 4.90 Å². The van der Waals surface area contributed by atoms with Crippen LogP contribution in [0.4, 0.5) is 5.95 Å². The van der Waals surface area contributed by atoms with Gasteiger partial charge in [0, 0.05) is 38.6 Å². The second-order valence-corrected chi connectivity index (χ2v) is 5.57. The largest absolute Gasteiger partial charge is 0.383 e. The first-order valence-electron chi connectivity index (χ1n) is 7.46. The van der Waals surface area contributed by atoms with Crippen molar-refractivity contribution in [1.82, 2.24) is 14.5 Å². The molecule has 0 saturated carbocycles. The summed E-state index contributed by atoms with van der Waals surface area (Å²) in [5.74, 6) is 0.897. The van der Waals surface area contributed by atoms with Gasteiger partial charge in [0.15, 0.2) is 0 Å². The molecule has 112 valence electrons. The molecule has 2 aliphatic rings. The van der Waals surface area contributed by atoms with Crippen molar-refractivity contribution >= 4 is 5.95 Å². The van der Waals surface area contributed by atoms with E-state index in [1.165, 1.54) is 19.4 Å². The van der Waals surface area contributed by atoms with Crippen molar-refractivity contribution in [3.05, 3.63) is 12.4 Å². The standard InChI is InChI=1S/C14H24N4O2/c1-19-8-5-16-14-15-4-7-18(14)10-13-9-17-6-2-3-12(17)11-20-13/h4,7,12-13H,2-3,5-6,8-11H2,1H3,(H,15,16). The summed E-state index contributed by atoms with van der Waals surface area (Å²) < 4.78 is 13.2. The molecule has 6 nitrogen and oxygen atoms in total. The molecule has 0 aromatic carbocycles. The molecule has 2 fully saturated rings. The van der Waals surface area contributed by atoms with E-state index in [1.54, 1.807) is 7.11 Å². The Morgan fingerprint density at radius 2 is 2.50 bits per heavy atom. The minimum absolute atomic E-state index is 0.265. The molecule has 2 aliphatic heterocycles. The Bertz CT molecular complexity index is 423. The number of methoxy groups -OCH3 is 1. The number of aromatic nitrogens is 2. The van der Waals surface area contributed by atoms with E-state index in [1.807, 2.05) is 12.4 Å². The molecular weight excluding hydrogens is 256 g/mol. The molecule has 1 aromatic rings. The Morgan fingerprint density at radius 3 is 3.40 bits per heavy atom. The topological polar surface area (TPSA) is 51.5 Å². The molecule has 6 heteroatoms. The zero-order valence-corrected chi connectivity index (χ0v) is 12.1. The highest BCUT2D eigenvalue weighted by atomic mass is 16.5. The lowest BCUT2D eigenvalue weighted by atomic mass is 10.2. The molecular formula is C14H24N4O2. The molecule has 2 unspecified atom stereocenters. The molecule has 20 heavy (non-hydrogen) atoms. The average Bonchev–Trinajstić information content (AvgIpc) is 3.08. The van der Waals surface area contributed by atoms with Gasteiger partial charge >= 0.3 is 0 Å². The van der Waals surface area contributed by atoms with Crippen LogP contribution in [0.2, 0.25) is 0 Å². The maximum Gasteiger partial charge on any atom is 0.202 e. The summed E-state index contributed by atoms with van der Waals surface area (Å²) in [5, 5.41) is 3.29. The molecule has 2 atom stereocenters. The lowest BCUT2D eigenvalue weighted by Gasteiger charge is -2.35. The zero-order chi connectivity index (χ0) is 13.8. The lowest BCUT2D eigenvalue weighted by Crippen LogP contribution is -2.47. The highest BCUT2D eigenvalue weighted by Crippen LogP contribution is 2.23. The Hall–Kier alpha value is -1.11. The van der Waals surface area contributed by atoms with E-state index in [4.69, 9.17) is 9.47 Å². The van der Waals surface area contributed by atoms with Crippen molar-refractivity contribution in [2.24, 2.45) is 0 Å². The van der Waals surface area contributed by atoms with Crippen LogP contribution in [0.3, 0.4) is 0 Å². The van der Waals surface area contributed by atoms with Crippen molar-refractivity contribution in [2.45, 2.75) is 31.5 Å². The first-order valence-corrected chi connectivity index (χ1v) is 7.46. The smallest absolute Gasteiger partial charge is 0.202 e. The van der Waals surface area contributed by atoms with Crippen molar-refractivity contribution in [1.29, 1.82) is 0 Å². The fourth-order valence-electron chi connectivity index (χ4n) is 3.10. The van der Waals surface area contributed by atoms with Crippen LogP contribution in [0, 0.1) is 0 Å². The highest BCUT2D eigenvalue weighted by molar-refractivity contribution is 5.25. The lowest BCUT2D eigenvalue weighted by molar-refractivity contribution is -0.0549. The van der Waals surface area contributed by atoms with Crippen LogP contribution < -0.4 is 5.32 Å². The Labute approximate surface area is 120 Å². The summed E-state index contributed by atoms with van der Waals surface area (Å²) in [6.45, 7) is 5.47. The summed E-state index contributed by atoms with van der Waals surface area (Å²) in [7, 11) is 1.70. The summed E-state index contributed by atoms with van der Waals surface area (Å²) >= 11 is 0. The number of fused-ring (bicyclic) bond motifs is 1. The predicted octanol–water partition coefficient (Wildman–Crippen LogP) is 0.805. The van der Waals surface area contributed by atoms with Gasteiger partial charge in [-0.1, -0.05) is 0 Å². The van der Waals surface area contributed by atoms with E-state index in [2.05, 4.69) is 19.8 Å². The van der Waals surface area contributed by atoms with Crippen LogP contribution in [0.25, 0.3) is 0 Å². The van der Waals surface area contributed by atoms with Crippen molar-refractivity contribution in [3.63, 3.8) is 0 Å². The minimum Gasteiger partial charge on any atom is -0.383 e. The second-order valence-electron chi connectivity index (χ2n) is 5.57. The normalized spacial score (nSPS) is 26.6. The van der Waals surface area contributed by atoms with Gasteiger partial charge in [0.1, 0.15) is 0 Å². The van der Waals surface area contributed by atoms with Gasteiger partial charge in [-0.15, -0.1) is 0 Å². The van der Waals surface area contributed by atoms with Gasteiger partial charge in [-0.25, -0.2) is 4.98 Å².